The maximum Gasteiger partial charge on any atom is 0.267 e. The second-order valence-electron chi connectivity index (χ2n) is 7.86. The first-order valence-electron chi connectivity index (χ1n) is 10.4. The molecular weight excluding hydrogens is 390 g/mol. The lowest BCUT2D eigenvalue weighted by atomic mass is 10.1. The van der Waals surface area contributed by atoms with Crippen molar-refractivity contribution in [2.75, 3.05) is 6.61 Å². The molecule has 0 bridgehead atoms. The van der Waals surface area contributed by atoms with Gasteiger partial charge in [-0.15, -0.1) is 0 Å². The minimum atomic E-state index is -0.231. The summed E-state index contributed by atoms with van der Waals surface area (Å²) < 4.78 is 7.44. The molecule has 0 amide bonds. The molecule has 4 rings (SSSR count). The third-order valence-electron chi connectivity index (χ3n) is 5.00. The summed E-state index contributed by atoms with van der Waals surface area (Å²) in [5.41, 5.74) is 1.88. The summed E-state index contributed by atoms with van der Waals surface area (Å²) in [6.45, 7) is 4.94. The fourth-order valence-corrected chi connectivity index (χ4v) is 3.45. The van der Waals surface area contributed by atoms with Crippen molar-refractivity contribution in [3.63, 3.8) is 0 Å². The molecule has 0 aliphatic rings. The van der Waals surface area contributed by atoms with Gasteiger partial charge in [0.1, 0.15) is 17.0 Å². The van der Waals surface area contributed by atoms with Gasteiger partial charge in [-0.05, 0) is 36.1 Å². The molecule has 0 fully saturated rings. The number of hydrogen-bond donors (Lipinski definition) is 1. The van der Waals surface area contributed by atoms with Crippen LogP contribution in [0.25, 0.3) is 22.3 Å². The fraction of sp³-hybridized carbons (Fsp3) is 0.240. The van der Waals surface area contributed by atoms with Crippen molar-refractivity contribution in [2.24, 2.45) is 5.92 Å². The van der Waals surface area contributed by atoms with Crippen LogP contribution in [0.2, 0.25) is 0 Å². The third kappa shape index (κ3) is 4.43. The van der Waals surface area contributed by atoms with E-state index in [2.05, 4.69) is 4.98 Å². The number of nitrogens with zero attached hydrogens (tertiary/aromatic N) is 3. The number of benzene rings is 2. The van der Waals surface area contributed by atoms with E-state index in [9.17, 15) is 9.90 Å². The van der Waals surface area contributed by atoms with Gasteiger partial charge in [-0.2, -0.15) is 0 Å². The predicted octanol–water partition coefficient (Wildman–Crippen LogP) is 4.44. The molecule has 0 aliphatic heterocycles. The Morgan fingerprint density at radius 3 is 2.52 bits per heavy atom. The van der Waals surface area contributed by atoms with Crippen molar-refractivity contribution in [3.05, 3.63) is 82.8 Å². The maximum absolute atomic E-state index is 13.6. The highest BCUT2D eigenvalue weighted by Gasteiger charge is 2.19. The summed E-state index contributed by atoms with van der Waals surface area (Å²) in [5.74, 6) is 1.09. The Labute approximate surface area is 180 Å². The van der Waals surface area contributed by atoms with Gasteiger partial charge in [0, 0.05) is 12.7 Å². The molecule has 0 aliphatic carbocycles. The van der Waals surface area contributed by atoms with Crippen LogP contribution in [-0.4, -0.2) is 26.2 Å². The second-order valence-corrected chi connectivity index (χ2v) is 7.86. The Morgan fingerprint density at radius 1 is 1.03 bits per heavy atom. The summed E-state index contributed by atoms with van der Waals surface area (Å²) in [7, 11) is 0. The average Bonchev–Trinajstić information content (AvgIpc) is 2.78. The Hall–Kier alpha value is -3.67. The third-order valence-corrected chi connectivity index (χ3v) is 5.00. The molecule has 0 unspecified atom stereocenters. The van der Waals surface area contributed by atoms with Gasteiger partial charge in [0.05, 0.1) is 17.7 Å². The molecule has 0 spiro atoms. The largest absolute Gasteiger partial charge is 0.507 e. The van der Waals surface area contributed by atoms with Gasteiger partial charge in [-0.25, -0.2) is 9.97 Å². The monoisotopic (exact) mass is 415 g/mol. The fourth-order valence-electron chi connectivity index (χ4n) is 3.45. The van der Waals surface area contributed by atoms with Crippen molar-refractivity contribution in [2.45, 2.75) is 26.8 Å². The number of aromatic nitrogens is 3. The summed E-state index contributed by atoms with van der Waals surface area (Å²) in [5, 5.41) is 10.8. The van der Waals surface area contributed by atoms with Crippen molar-refractivity contribution in [1.29, 1.82) is 0 Å². The van der Waals surface area contributed by atoms with Crippen LogP contribution in [0.15, 0.2) is 71.7 Å². The summed E-state index contributed by atoms with van der Waals surface area (Å²) >= 11 is 0. The lowest BCUT2D eigenvalue weighted by Gasteiger charge is -2.16. The number of hydrogen-bond acceptors (Lipinski definition) is 5. The Morgan fingerprint density at radius 2 is 1.77 bits per heavy atom. The number of fused-ring (bicyclic) bond motifs is 1. The van der Waals surface area contributed by atoms with Gasteiger partial charge < -0.3 is 9.84 Å². The van der Waals surface area contributed by atoms with Crippen LogP contribution >= 0.6 is 0 Å². The van der Waals surface area contributed by atoms with E-state index in [1.165, 1.54) is 0 Å². The molecular formula is C25H25N3O3. The predicted molar refractivity (Wildman–Crippen MR) is 121 cm³/mol. The molecule has 2 aromatic carbocycles. The second kappa shape index (κ2) is 9.00. The molecule has 0 saturated heterocycles. The van der Waals surface area contributed by atoms with Crippen LogP contribution in [0.5, 0.6) is 11.6 Å². The Bertz CT molecular complexity index is 1250. The van der Waals surface area contributed by atoms with Gasteiger partial charge in [-0.1, -0.05) is 56.3 Å². The van der Waals surface area contributed by atoms with Crippen molar-refractivity contribution < 1.29 is 9.84 Å². The topological polar surface area (TPSA) is 77.2 Å². The molecule has 4 aromatic rings. The van der Waals surface area contributed by atoms with E-state index in [1.54, 1.807) is 35.0 Å². The van der Waals surface area contributed by atoms with Crippen LogP contribution in [0.4, 0.5) is 0 Å². The zero-order valence-electron chi connectivity index (χ0n) is 17.7. The van der Waals surface area contributed by atoms with Crippen molar-refractivity contribution in [1.82, 2.24) is 14.5 Å². The van der Waals surface area contributed by atoms with Gasteiger partial charge in [0.2, 0.25) is 5.88 Å². The summed E-state index contributed by atoms with van der Waals surface area (Å²) in [6.07, 6.45) is 2.24. The highest BCUT2D eigenvalue weighted by atomic mass is 16.5. The number of phenols is 1. The van der Waals surface area contributed by atoms with Crippen molar-refractivity contribution >= 4 is 10.9 Å². The molecule has 0 atom stereocenters. The van der Waals surface area contributed by atoms with E-state index in [4.69, 9.17) is 9.72 Å². The van der Waals surface area contributed by atoms with Crippen LogP contribution < -0.4 is 10.3 Å². The van der Waals surface area contributed by atoms with Gasteiger partial charge in [0.15, 0.2) is 0 Å². The van der Waals surface area contributed by atoms with E-state index in [-0.39, 0.29) is 11.3 Å². The van der Waals surface area contributed by atoms with Crippen LogP contribution in [0.3, 0.4) is 0 Å². The number of aryl methyl sites for hydroxylation is 1. The SMILES string of the molecule is CC(C)COc1nccc2nc(-c3ccccc3O)n(CCc3ccccc3)c(=O)c12. The number of para-hydroxylation sites is 1. The number of rotatable bonds is 7. The zero-order chi connectivity index (χ0) is 21.8. The van der Waals surface area contributed by atoms with Gasteiger partial charge >= 0.3 is 0 Å². The van der Waals surface area contributed by atoms with Gasteiger partial charge in [0.25, 0.3) is 5.56 Å². The number of aromatic hydroxyl groups is 1. The molecule has 6 nitrogen and oxygen atoms in total. The first kappa shape index (κ1) is 20.6. The van der Waals surface area contributed by atoms with E-state index >= 15 is 0 Å². The summed E-state index contributed by atoms with van der Waals surface area (Å²) in [4.78, 5) is 22.7. The molecule has 6 heteroatoms. The van der Waals surface area contributed by atoms with Crippen LogP contribution in [0, 0.1) is 5.92 Å². The highest BCUT2D eigenvalue weighted by molar-refractivity contribution is 5.84. The van der Waals surface area contributed by atoms with Gasteiger partial charge in [-0.3, -0.25) is 9.36 Å². The summed E-state index contributed by atoms with van der Waals surface area (Å²) in [6, 6.07) is 18.6. The minimum Gasteiger partial charge on any atom is -0.507 e. The number of pyridine rings is 1. The van der Waals surface area contributed by atoms with Crippen LogP contribution in [0.1, 0.15) is 19.4 Å². The maximum atomic E-state index is 13.6. The van der Waals surface area contributed by atoms with E-state index in [0.717, 1.165) is 5.56 Å². The molecule has 0 saturated carbocycles. The Kier molecular flexibility index (Phi) is 5.98. The molecule has 158 valence electrons. The van der Waals surface area contributed by atoms with E-state index < -0.39 is 0 Å². The first-order chi connectivity index (χ1) is 15.0. The lowest BCUT2D eigenvalue weighted by Crippen LogP contribution is -2.25. The molecule has 0 radical (unpaired) electrons. The average molecular weight is 415 g/mol. The first-order valence-corrected chi connectivity index (χ1v) is 10.4. The quantitative estimate of drug-likeness (QED) is 0.483. The Balaban J connectivity index is 1.88. The van der Waals surface area contributed by atoms with Crippen LogP contribution in [-0.2, 0) is 13.0 Å². The van der Waals surface area contributed by atoms with E-state index in [1.807, 2.05) is 50.2 Å². The normalized spacial score (nSPS) is 11.2. The minimum absolute atomic E-state index is 0.0764. The zero-order valence-corrected chi connectivity index (χ0v) is 17.7. The van der Waals surface area contributed by atoms with Crippen molar-refractivity contribution in [3.8, 4) is 23.0 Å². The van der Waals surface area contributed by atoms with E-state index in [0.29, 0.717) is 53.7 Å². The number of phenolic OH excluding ortho intramolecular Hbond substituents is 1. The lowest BCUT2D eigenvalue weighted by molar-refractivity contribution is 0.264. The molecule has 2 aromatic heterocycles. The molecule has 1 N–H and O–H groups in total. The highest BCUT2D eigenvalue weighted by Crippen LogP contribution is 2.29. The molecule has 31 heavy (non-hydrogen) atoms. The standard InChI is InChI=1S/C25H25N3O3/c1-17(2)16-31-24-22-20(12-14-26-24)27-23(19-10-6-7-11-21(19)29)28(25(22)30)15-13-18-8-4-3-5-9-18/h3-12,14,17,29H,13,15-16H2,1-2H3. The molecule has 2 heterocycles. The smallest absolute Gasteiger partial charge is 0.267 e. The number of ether oxygens (including phenoxy) is 1.